The smallest absolute Gasteiger partial charge is 0.129 e. The van der Waals surface area contributed by atoms with E-state index < -0.39 is 0 Å². The van der Waals surface area contributed by atoms with Gasteiger partial charge in [-0.15, -0.1) is 0 Å². The predicted octanol–water partition coefficient (Wildman–Crippen LogP) is 2.33. The van der Waals surface area contributed by atoms with Crippen LogP contribution in [0, 0.1) is 0 Å². The summed E-state index contributed by atoms with van der Waals surface area (Å²) >= 11 is 0. The Hall–Kier alpha value is -1.90. The van der Waals surface area contributed by atoms with Gasteiger partial charge in [-0.25, -0.2) is 9.66 Å². The molecule has 0 spiro atoms. The van der Waals surface area contributed by atoms with Gasteiger partial charge >= 0.3 is 0 Å². The van der Waals surface area contributed by atoms with E-state index >= 15 is 0 Å². The first-order chi connectivity index (χ1) is 7.40. The van der Waals surface area contributed by atoms with Crippen LogP contribution in [0.4, 0.5) is 0 Å². The molecule has 0 aliphatic rings. The lowest BCUT2D eigenvalue weighted by Crippen LogP contribution is -1.95. The van der Waals surface area contributed by atoms with Gasteiger partial charge in [-0.3, -0.25) is 0 Å². The van der Waals surface area contributed by atoms with Crippen molar-refractivity contribution in [3.63, 3.8) is 0 Å². The van der Waals surface area contributed by atoms with E-state index in [-0.39, 0.29) is 0 Å². The average molecular weight is 199 g/mol. The highest BCUT2D eigenvalue weighted by Gasteiger charge is 1.95. The molecule has 3 nitrogen and oxygen atoms in total. The van der Waals surface area contributed by atoms with Crippen molar-refractivity contribution in [3.05, 3.63) is 54.1 Å². The van der Waals surface area contributed by atoms with Gasteiger partial charge < -0.3 is 0 Å². The van der Waals surface area contributed by atoms with Gasteiger partial charge in [0.05, 0.1) is 6.21 Å². The highest BCUT2D eigenvalue weighted by Crippen LogP contribution is 1.99. The van der Waals surface area contributed by atoms with Gasteiger partial charge in [-0.05, 0) is 5.56 Å². The van der Waals surface area contributed by atoms with Crippen molar-refractivity contribution in [2.45, 2.75) is 13.3 Å². The summed E-state index contributed by atoms with van der Waals surface area (Å²) in [6.45, 7) is 2.07. The lowest BCUT2D eigenvalue weighted by Gasteiger charge is -1.97. The normalized spacial score (nSPS) is 11.0. The Morgan fingerprint density at radius 3 is 2.87 bits per heavy atom. The van der Waals surface area contributed by atoms with Crippen molar-refractivity contribution in [3.8, 4) is 0 Å². The molecule has 0 N–H and O–H groups in total. The Morgan fingerprint density at radius 1 is 1.33 bits per heavy atom. The average Bonchev–Trinajstić information content (AvgIpc) is 2.75. The fourth-order valence-corrected chi connectivity index (χ4v) is 1.35. The summed E-state index contributed by atoms with van der Waals surface area (Å²) in [6, 6.07) is 10.0. The molecule has 15 heavy (non-hydrogen) atoms. The highest BCUT2D eigenvalue weighted by molar-refractivity contribution is 5.79. The maximum Gasteiger partial charge on any atom is 0.129 e. The zero-order chi connectivity index (χ0) is 10.5. The number of imidazole rings is 1. The Bertz CT molecular complexity index is 443. The van der Waals surface area contributed by atoms with Crippen LogP contribution in [0.15, 0.2) is 47.8 Å². The summed E-state index contributed by atoms with van der Waals surface area (Å²) in [6.07, 6.45) is 6.35. The third-order valence-electron chi connectivity index (χ3n) is 2.14. The van der Waals surface area contributed by atoms with E-state index in [1.807, 2.05) is 42.7 Å². The summed E-state index contributed by atoms with van der Waals surface area (Å²) in [5.74, 6) is 0.974. The fraction of sp³-hybridized carbons (Fsp3) is 0.167. The summed E-state index contributed by atoms with van der Waals surface area (Å²) in [7, 11) is 0. The predicted molar refractivity (Wildman–Crippen MR) is 61.0 cm³/mol. The SMILES string of the molecule is CCc1nccn1/N=C/c1ccccc1. The lowest BCUT2D eigenvalue weighted by atomic mass is 10.2. The van der Waals surface area contributed by atoms with E-state index in [0.717, 1.165) is 17.8 Å². The standard InChI is InChI=1S/C12H13N3/c1-2-12-13-8-9-15(12)14-10-11-6-4-3-5-7-11/h3-10H,2H2,1H3/b14-10+. The minimum atomic E-state index is 0.888. The van der Waals surface area contributed by atoms with Crippen LogP contribution >= 0.6 is 0 Å². The van der Waals surface area contributed by atoms with Crippen LogP contribution in [0.25, 0.3) is 0 Å². The number of nitrogens with zero attached hydrogens (tertiary/aromatic N) is 3. The molecule has 1 heterocycles. The minimum Gasteiger partial charge on any atom is -0.240 e. The van der Waals surface area contributed by atoms with E-state index in [9.17, 15) is 0 Å². The number of hydrogen-bond acceptors (Lipinski definition) is 2. The Kier molecular flexibility index (Phi) is 2.93. The van der Waals surface area contributed by atoms with Gasteiger partial charge in [0.15, 0.2) is 0 Å². The molecular weight excluding hydrogens is 186 g/mol. The number of aryl methyl sites for hydroxylation is 1. The van der Waals surface area contributed by atoms with E-state index in [1.54, 1.807) is 10.9 Å². The lowest BCUT2D eigenvalue weighted by molar-refractivity contribution is 0.788. The Labute approximate surface area is 89.1 Å². The van der Waals surface area contributed by atoms with Crippen molar-refractivity contribution >= 4 is 6.21 Å². The number of benzene rings is 1. The van der Waals surface area contributed by atoms with Crippen LogP contribution in [0.5, 0.6) is 0 Å². The van der Waals surface area contributed by atoms with Crippen LogP contribution in [-0.2, 0) is 6.42 Å². The Balaban J connectivity index is 2.19. The molecule has 0 saturated carbocycles. The second-order valence-corrected chi connectivity index (χ2v) is 3.20. The number of hydrogen-bond donors (Lipinski definition) is 0. The van der Waals surface area contributed by atoms with Crippen molar-refractivity contribution in [2.24, 2.45) is 5.10 Å². The minimum absolute atomic E-state index is 0.888. The van der Waals surface area contributed by atoms with Gasteiger partial charge in [0.2, 0.25) is 0 Å². The van der Waals surface area contributed by atoms with Crippen LogP contribution in [0.2, 0.25) is 0 Å². The molecule has 0 radical (unpaired) electrons. The van der Waals surface area contributed by atoms with Gasteiger partial charge in [0, 0.05) is 18.8 Å². The molecule has 0 aliphatic carbocycles. The second-order valence-electron chi connectivity index (χ2n) is 3.20. The third-order valence-corrected chi connectivity index (χ3v) is 2.14. The molecule has 1 aromatic carbocycles. The molecule has 0 saturated heterocycles. The molecule has 0 atom stereocenters. The molecule has 0 amide bonds. The number of aromatic nitrogens is 2. The van der Waals surface area contributed by atoms with Crippen molar-refractivity contribution in [2.75, 3.05) is 0 Å². The molecule has 2 aromatic rings. The first-order valence-corrected chi connectivity index (χ1v) is 5.02. The van der Waals surface area contributed by atoms with E-state index in [4.69, 9.17) is 0 Å². The first kappa shape index (κ1) is 9.65. The van der Waals surface area contributed by atoms with Crippen LogP contribution in [0.1, 0.15) is 18.3 Å². The zero-order valence-corrected chi connectivity index (χ0v) is 8.67. The maximum atomic E-state index is 4.34. The fourth-order valence-electron chi connectivity index (χ4n) is 1.35. The first-order valence-electron chi connectivity index (χ1n) is 5.02. The monoisotopic (exact) mass is 199 g/mol. The molecule has 0 unspecified atom stereocenters. The van der Waals surface area contributed by atoms with Gasteiger partial charge in [-0.1, -0.05) is 37.3 Å². The summed E-state index contributed by atoms with van der Waals surface area (Å²) < 4.78 is 1.80. The molecule has 0 fully saturated rings. The summed E-state index contributed by atoms with van der Waals surface area (Å²) in [4.78, 5) is 4.20. The maximum absolute atomic E-state index is 4.34. The van der Waals surface area contributed by atoms with Crippen molar-refractivity contribution in [1.29, 1.82) is 0 Å². The van der Waals surface area contributed by atoms with Gasteiger partial charge in [-0.2, -0.15) is 5.10 Å². The van der Waals surface area contributed by atoms with Crippen LogP contribution in [0.3, 0.4) is 0 Å². The Morgan fingerprint density at radius 2 is 2.13 bits per heavy atom. The van der Waals surface area contributed by atoms with E-state index in [2.05, 4.69) is 17.0 Å². The molecule has 1 aromatic heterocycles. The van der Waals surface area contributed by atoms with Crippen molar-refractivity contribution < 1.29 is 0 Å². The highest BCUT2D eigenvalue weighted by atomic mass is 15.4. The van der Waals surface area contributed by atoms with Crippen LogP contribution < -0.4 is 0 Å². The van der Waals surface area contributed by atoms with Crippen molar-refractivity contribution in [1.82, 2.24) is 9.66 Å². The van der Waals surface area contributed by atoms with E-state index in [1.165, 1.54) is 0 Å². The molecule has 76 valence electrons. The molecular formula is C12H13N3. The number of rotatable bonds is 3. The third kappa shape index (κ3) is 2.31. The summed E-state index contributed by atoms with van der Waals surface area (Å²) in [5, 5.41) is 4.34. The largest absolute Gasteiger partial charge is 0.240 e. The molecule has 2 rings (SSSR count). The van der Waals surface area contributed by atoms with Gasteiger partial charge in [0.1, 0.15) is 5.82 Å². The zero-order valence-electron chi connectivity index (χ0n) is 8.67. The molecule has 0 bridgehead atoms. The van der Waals surface area contributed by atoms with Gasteiger partial charge in [0.25, 0.3) is 0 Å². The quantitative estimate of drug-likeness (QED) is 0.698. The summed E-state index contributed by atoms with van der Waals surface area (Å²) in [5.41, 5.74) is 1.09. The topological polar surface area (TPSA) is 30.2 Å². The van der Waals surface area contributed by atoms with E-state index in [0.29, 0.717) is 0 Å². The molecule has 0 aliphatic heterocycles. The second kappa shape index (κ2) is 4.55. The van der Waals surface area contributed by atoms with Crippen LogP contribution in [-0.4, -0.2) is 15.9 Å². The molecule has 3 heteroatoms.